The summed E-state index contributed by atoms with van der Waals surface area (Å²) in [6, 6.07) is 21.7. The Kier molecular flexibility index (Phi) is 7.24. The lowest BCUT2D eigenvalue weighted by atomic mass is 9.83. The molecule has 9 nitrogen and oxygen atoms in total. The molecule has 2 amide bonds. The second kappa shape index (κ2) is 11.3. The monoisotopic (exact) mass is 549 g/mol. The van der Waals surface area contributed by atoms with Crippen LogP contribution in [0.25, 0.3) is 0 Å². The van der Waals surface area contributed by atoms with Crippen molar-refractivity contribution in [2.45, 2.75) is 25.4 Å². The Morgan fingerprint density at radius 1 is 0.927 bits per heavy atom. The maximum absolute atomic E-state index is 13.2. The summed E-state index contributed by atoms with van der Waals surface area (Å²) in [5.74, 6) is 0.738. The number of pyridine rings is 2. The van der Waals surface area contributed by atoms with Crippen molar-refractivity contribution in [2.75, 3.05) is 30.4 Å². The van der Waals surface area contributed by atoms with Gasteiger partial charge in [-0.1, -0.05) is 18.2 Å². The highest BCUT2D eigenvalue weighted by molar-refractivity contribution is 6.07. The molecule has 4 aromatic rings. The number of piperidine rings is 1. The quantitative estimate of drug-likeness (QED) is 0.360. The van der Waals surface area contributed by atoms with Crippen molar-refractivity contribution < 1.29 is 14.3 Å². The number of anilines is 2. The molecule has 0 saturated carbocycles. The average Bonchev–Trinajstić information content (AvgIpc) is 3.01. The number of nitrogens with one attached hydrogen (secondary N) is 2. The third-order valence-electron chi connectivity index (χ3n) is 7.88. The largest absolute Gasteiger partial charge is 0.497 e. The molecular weight excluding hydrogens is 518 g/mol. The van der Waals surface area contributed by atoms with Crippen molar-refractivity contribution in [1.82, 2.24) is 14.9 Å². The molecule has 41 heavy (non-hydrogen) atoms. The zero-order valence-electron chi connectivity index (χ0n) is 22.7. The van der Waals surface area contributed by atoms with Gasteiger partial charge in [0.25, 0.3) is 17.4 Å². The second-order valence-corrected chi connectivity index (χ2v) is 10.6. The first-order valence-corrected chi connectivity index (χ1v) is 13.7. The van der Waals surface area contributed by atoms with E-state index in [4.69, 9.17) is 4.74 Å². The van der Waals surface area contributed by atoms with E-state index in [0.29, 0.717) is 42.4 Å². The predicted molar refractivity (Wildman–Crippen MR) is 157 cm³/mol. The maximum Gasteiger partial charge on any atom is 0.255 e. The second-order valence-electron chi connectivity index (χ2n) is 10.6. The number of carbonyl (C=O) groups is 2. The Balaban J connectivity index is 1.27. The topological polar surface area (TPSA) is 106 Å². The average molecular weight is 550 g/mol. The van der Waals surface area contributed by atoms with Crippen LogP contribution in [0.5, 0.6) is 5.75 Å². The summed E-state index contributed by atoms with van der Waals surface area (Å²) < 4.78 is 7.11. The van der Waals surface area contributed by atoms with E-state index in [9.17, 15) is 14.4 Å². The number of amides is 2. The van der Waals surface area contributed by atoms with E-state index in [1.165, 1.54) is 0 Å². The maximum atomic E-state index is 13.2. The van der Waals surface area contributed by atoms with Gasteiger partial charge < -0.3 is 24.8 Å². The van der Waals surface area contributed by atoms with E-state index in [1.807, 2.05) is 47.0 Å². The first-order chi connectivity index (χ1) is 20.0. The minimum Gasteiger partial charge on any atom is -0.497 e. The summed E-state index contributed by atoms with van der Waals surface area (Å²) in [6.45, 7) is 2.49. The molecule has 1 fully saturated rings. The molecule has 4 heterocycles. The third-order valence-corrected chi connectivity index (χ3v) is 7.88. The molecule has 2 aliphatic heterocycles. The number of rotatable bonds is 7. The van der Waals surface area contributed by atoms with Crippen LogP contribution in [0.2, 0.25) is 0 Å². The number of carbonyl (C=O) groups excluding carboxylic acids is 2. The normalized spacial score (nSPS) is 17.3. The molecule has 0 aliphatic carbocycles. The molecule has 0 spiro atoms. The highest BCUT2D eigenvalue weighted by atomic mass is 16.5. The fourth-order valence-corrected chi connectivity index (χ4v) is 5.87. The number of hydrogen-bond donors (Lipinski definition) is 2. The van der Waals surface area contributed by atoms with Gasteiger partial charge in [0.1, 0.15) is 5.75 Å². The Hall–Kier alpha value is -4.92. The molecular formula is C32H31N5O4. The zero-order valence-corrected chi connectivity index (χ0v) is 22.7. The van der Waals surface area contributed by atoms with E-state index < -0.39 is 0 Å². The molecule has 0 radical (unpaired) electrons. The van der Waals surface area contributed by atoms with Gasteiger partial charge >= 0.3 is 0 Å². The minimum absolute atomic E-state index is 0.0426. The third kappa shape index (κ3) is 5.56. The SMILES string of the molecule is COc1ccc(CNC(=O)c2ccc(N3CC4CC(C3)c3cccc(=O)n3C4)c(NC(=O)c3ccncc3)c2)cc1. The van der Waals surface area contributed by atoms with Crippen LogP contribution in [0.3, 0.4) is 0 Å². The van der Waals surface area contributed by atoms with Crippen LogP contribution in [0.1, 0.15) is 44.3 Å². The fraction of sp³-hybridized carbons (Fsp3) is 0.250. The number of nitrogens with zero attached hydrogens (tertiary/aromatic N) is 3. The van der Waals surface area contributed by atoms with E-state index in [1.54, 1.807) is 49.8 Å². The van der Waals surface area contributed by atoms with Gasteiger partial charge in [0.05, 0.1) is 18.5 Å². The first kappa shape index (κ1) is 26.3. The molecule has 6 rings (SSSR count). The van der Waals surface area contributed by atoms with Crippen LogP contribution >= 0.6 is 0 Å². The predicted octanol–water partition coefficient (Wildman–Crippen LogP) is 4.06. The number of methoxy groups -OCH3 is 1. The fourth-order valence-electron chi connectivity index (χ4n) is 5.87. The Labute approximate surface area is 237 Å². The van der Waals surface area contributed by atoms with Crippen molar-refractivity contribution in [2.24, 2.45) is 5.92 Å². The summed E-state index contributed by atoms with van der Waals surface area (Å²) in [5, 5.41) is 6.01. The standard InChI is InChI=1S/C32H31N5O4/c1-41-26-8-5-21(6-9-26)17-34-31(39)24-7-10-29(27(16-24)35-32(40)23-11-13-33-14-12-23)36-18-22-15-25(20-36)28-3-2-4-30(38)37(28)19-22/h2-14,16,22,25H,15,17-20H2,1H3,(H,34,39)(H,35,40). The number of hydrogen-bond acceptors (Lipinski definition) is 6. The summed E-state index contributed by atoms with van der Waals surface area (Å²) >= 11 is 0. The van der Waals surface area contributed by atoms with Gasteiger partial charge in [0.2, 0.25) is 0 Å². The van der Waals surface area contributed by atoms with Crippen LogP contribution in [0.15, 0.2) is 90.0 Å². The van der Waals surface area contributed by atoms with E-state index in [-0.39, 0.29) is 23.3 Å². The van der Waals surface area contributed by atoms with Gasteiger partial charge in [-0.2, -0.15) is 0 Å². The lowest BCUT2D eigenvalue weighted by molar-refractivity contribution is 0.0949. The van der Waals surface area contributed by atoms with E-state index >= 15 is 0 Å². The molecule has 2 unspecified atom stereocenters. The molecule has 9 heteroatoms. The van der Waals surface area contributed by atoms with Crippen molar-refractivity contribution in [3.8, 4) is 5.75 Å². The smallest absolute Gasteiger partial charge is 0.255 e. The Morgan fingerprint density at radius 2 is 1.73 bits per heavy atom. The highest BCUT2D eigenvalue weighted by Gasteiger charge is 2.35. The lowest BCUT2D eigenvalue weighted by Gasteiger charge is -2.44. The summed E-state index contributed by atoms with van der Waals surface area (Å²) in [6.07, 6.45) is 4.17. The highest BCUT2D eigenvalue weighted by Crippen LogP contribution is 2.39. The van der Waals surface area contributed by atoms with Gasteiger partial charge in [0, 0.05) is 67.4 Å². The first-order valence-electron chi connectivity index (χ1n) is 13.7. The van der Waals surface area contributed by atoms with Crippen LogP contribution < -0.4 is 25.8 Å². The van der Waals surface area contributed by atoms with Crippen molar-refractivity contribution in [3.63, 3.8) is 0 Å². The molecule has 2 N–H and O–H groups in total. The van der Waals surface area contributed by atoms with Gasteiger partial charge in [0.15, 0.2) is 0 Å². The molecule has 2 aromatic carbocycles. The number of fused-ring (bicyclic) bond motifs is 4. The minimum atomic E-state index is -0.279. The summed E-state index contributed by atoms with van der Waals surface area (Å²) in [5.41, 5.74) is 4.37. The lowest BCUT2D eigenvalue weighted by Crippen LogP contribution is -2.47. The van der Waals surface area contributed by atoms with E-state index in [2.05, 4.69) is 20.5 Å². The number of benzene rings is 2. The number of aromatic nitrogens is 2. The van der Waals surface area contributed by atoms with Crippen molar-refractivity contribution in [3.05, 3.63) is 118 Å². The van der Waals surface area contributed by atoms with E-state index in [0.717, 1.165) is 35.7 Å². The van der Waals surface area contributed by atoms with Crippen LogP contribution in [0, 0.1) is 5.92 Å². The van der Waals surface area contributed by atoms with Gasteiger partial charge in [-0.15, -0.1) is 0 Å². The zero-order chi connectivity index (χ0) is 28.3. The van der Waals surface area contributed by atoms with Crippen LogP contribution in [-0.2, 0) is 13.1 Å². The van der Waals surface area contributed by atoms with Crippen LogP contribution in [0.4, 0.5) is 11.4 Å². The van der Waals surface area contributed by atoms with Crippen molar-refractivity contribution in [1.29, 1.82) is 0 Å². The van der Waals surface area contributed by atoms with Gasteiger partial charge in [-0.3, -0.25) is 19.4 Å². The Bertz CT molecular complexity index is 1630. The number of ether oxygens (including phenoxy) is 1. The molecule has 2 aromatic heterocycles. The summed E-state index contributed by atoms with van der Waals surface area (Å²) in [7, 11) is 1.61. The van der Waals surface area contributed by atoms with Gasteiger partial charge in [-0.25, -0.2) is 0 Å². The molecule has 1 saturated heterocycles. The van der Waals surface area contributed by atoms with Crippen LogP contribution in [-0.4, -0.2) is 41.6 Å². The Morgan fingerprint density at radius 3 is 2.51 bits per heavy atom. The molecule has 208 valence electrons. The molecule has 2 aliphatic rings. The van der Waals surface area contributed by atoms with Crippen molar-refractivity contribution >= 4 is 23.2 Å². The van der Waals surface area contributed by atoms with Gasteiger partial charge in [-0.05, 0) is 66.4 Å². The molecule has 2 bridgehead atoms. The summed E-state index contributed by atoms with van der Waals surface area (Å²) in [4.78, 5) is 45.1. The molecule has 2 atom stereocenters.